The molecule has 1 fully saturated rings. The van der Waals surface area contributed by atoms with Crippen molar-refractivity contribution in [1.82, 2.24) is 19.9 Å². The number of carboxylic acids is 1. The van der Waals surface area contributed by atoms with Crippen LogP contribution in [0.3, 0.4) is 0 Å². The second-order valence-corrected chi connectivity index (χ2v) is 8.00. The molecule has 1 aromatic carbocycles. The zero-order chi connectivity index (χ0) is 24.0. The van der Waals surface area contributed by atoms with Crippen LogP contribution in [-0.2, 0) is 11.0 Å². The number of halogens is 4. The van der Waals surface area contributed by atoms with Crippen molar-refractivity contribution in [3.63, 3.8) is 0 Å². The lowest BCUT2D eigenvalue weighted by Gasteiger charge is -2.31. The van der Waals surface area contributed by atoms with Crippen molar-refractivity contribution in [2.24, 2.45) is 5.92 Å². The zero-order valence-electron chi connectivity index (χ0n) is 17.3. The van der Waals surface area contributed by atoms with Gasteiger partial charge in [-0.05, 0) is 42.7 Å². The summed E-state index contributed by atoms with van der Waals surface area (Å²) in [6.45, 7) is 0. The molecule has 174 valence electrons. The van der Waals surface area contributed by atoms with E-state index in [0.717, 1.165) is 6.07 Å². The molecule has 0 amide bonds. The molecule has 3 heterocycles. The fourth-order valence-corrected chi connectivity index (χ4v) is 3.72. The highest BCUT2D eigenvalue weighted by Crippen LogP contribution is 2.33. The van der Waals surface area contributed by atoms with Gasteiger partial charge in [0.2, 0.25) is 5.88 Å². The predicted molar refractivity (Wildman–Crippen MR) is 112 cm³/mol. The Morgan fingerprint density at radius 2 is 1.82 bits per heavy atom. The number of H-pyrrole nitrogens is 1. The van der Waals surface area contributed by atoms with Crippen molar-refractivity contribution in [1.29, 1.82) is 0 Å². The third kappa shape index (κ3) is 4.16. The van der Waals surface area contributed by atoms with Crippen molar-refractivity contribution in [2.75, 3.05) is 0 Å². The Kier molecular flexibility index (Phi) is 5.18. The summed E-state index contributed by atoms with van der Waals surface area (Å²) in [6, 6.07) is 8.59. The molecule has 0 unspecified atom stereocenters. The van der Waals surface area contributed by atoms with Gasteiger partial charge in [0.1, 0.15) is 17.7 Å². The molecule has 0 aliphatic heterocycles. The van der Waals surface area contributed by atoms with Gasteiger partial charge in [0, 0.05) is 24.0 Å². The first-order chi connectivity index (χ1) is 16.2. The normalized spacial score (nSPS) is 18.0. The highest BCUT2D eigenvalue weighted by atomic mass is 19.4. The van der Waals surface area contributed by atoms with Crippen LogP contribution in [0, 0.1) is 11.7 Å². The average molecular weight is 472 g/mol. The van der Waals surface area contributed by atoms with Crippen LogP contribution in [0.25, 0.3) is 33.7 Å². The number of fused-ring (bicyclic) bond motifs is 1. The largest absolute Gasteiger partial charge is 0.481 e. The summed E-state index contributed by atoms with van der Waals surface area (Å²) in [6.07, 6.45) is -1.68. The van der Waals surface area contributed by atoms with Gasteiger partial charge in [-0.3, -0.25) is 4.79 Å². The van der Waals surface area contributed by atoms with Gasteiger partial charge >= 0.3 is 12.1 Å². The molecule has 0 bridgehead atoms. The minimum atomic E-state index is -4.55. The van der Waals surface area contributed by atoms with Crippen LogP contribution in [0.4, 0.5) is 17.6 Å². The van der Waals surface area contributed by atoms with E-state index >= 15 is 0 Å². The third-order valence-corrected chi connectivity index (χ3v) is 5.69. The van der Waals surface area contributed by atoms with Crippen LogP contribution in [0.5, 0.6) is 5.88 Å². The molecule has 2 N–H and O–H groups in total. The number of hydrogen-bond donors (Lipinski definition) is 2. The summed E-state index contributed by atoms with van der Waals surface area (Å²) in [5.74, 6) is -1.43. The Morgan fingerprint density at radius 3 is 2.47 bits per heavy atom. The van der Waals surface area contributed by atoms with Crippen molar-refractivity contribution in [3.8, 4) is 28.4 Å². The number of aromatic nitrogens is 4. The molecule has 0 saturated heterocycles. The molecule has 1 saturated carbocycles. The van der Waals surface area contributed by atoms with Crippen LogP contribution in [-0.4, -0.2) is 37.1 Å². The van der Waals surface area contributed by atoms with Crippen LogP contribution < -0.4 is 4.74 Å². The number of nitrogens with zero attached hydrogens (tertiary/aromatic N) is 3. The summed E-state index contributed by atoms with van der Waals surface area (Å²) in [5.41, 5.74) is 0.409. The molecule has 34 heavy (non-hydrogen) atoms. The molecule has 0 atom stereocenters. The quantitative estimate of drug-likeness (QED) is 0.393. The van der Waals surface area contributed by atoms with E-state index in [1.54, 1.807) is 18.2 Å². The lowest BCUT2D eigenvalue weighted by Crippen LogP contribution is -2.38. The maximum Gasteiger partial charge on any atom is 0.417 e. The minimum absolute atomic E-state index is 0.0485. The second kappa shape index (κ2) is 8.08. The number of carbonyl (C=O) groups is 1. The monoisotopic (exact) mass is 472 g/mol. The molecular weight excluding hydrogens is 456 g/mol. The van der Waals surface area contributed by atoms with Gasteiger partial charge in [0.25, 0.3) is 0 Å². The lowest BCUT2D eigenvalue weighted by molar-refractivity contribution is -0.148. The Balaban J connectivity index is 1.33. The van der Waals surface area contributed by atoms with Crippen LogP contribution in [0.15, 0.2) is 48.8 Å². The molecule has 1 aliphatic carbocycles. The maximum atomic E-state index is 14.9. The summed E-state index contributed by atoms with van der Waals surface area (Å²) in [5, 5.41) is 8.92. The van der Waals surface area contributed by atoms with E-state index < -0.39 is 23.5 Å². The fourth-order valence-electron chi connectivity index (χ4n) is 3.72. The van der Waals surface area contributed by atoms with Gasteiger partial charge in [0.05, 0.1) is 22.6 Å². The molecule has 3 aromatic heterocycles. The molecule has 4 aromatic rings. The van der Waals surface area contributed by atoms with Crippen LogP contribution >= 0.6 is 0 Å². The highest BCUT2D eigenvalue weighted by molar-refractivity contribution is 5.77. The minimum Gasteiger partial charge on any atom is -0.481 e. The molecule has 0 radical (unpaired) electrons. The van der Waals surface area contributed by atoms with E-state index in [0.29, 0.717) is 36.0 Å². The number of hydrogen-bond acceptors (Lipinski definition) is 5. The van der Waals surface area contributed by atoms with Crippen molar-refractivity contribution in [2.45, 2.75) is 25.1 Å². The van der Waals surface area contributed by atoms with Gasteiger partial charge in [-0.1, -0.05) is 6.07 Å². The summed E-state index contributed by atoms with van der Waals surface area (Å²) in [7, 11) is 0. The Labute approximate surface area is 189 Å². The molecule has 1 aliphatic rings. The Bertz CT molecular complexity index is 1380. The van der Waals surface area contributed by atoms with Crippen LogP contribution in [0.2, 0.25) is 0 Å². The summed E-state index contributed by atoms with van der Waals surface area (Å²) < 4.78 is 59.2. The number of ether oxygens (including phenoxy) is 1. The van der Waals surface area contributed by atoms with E-state index in [4.69, 9.17) is 9.84 Å². The van der Waals surface area contributed by atoms with Gasteiger partial charge in [-0.2, -0.15) is 13.2 Å². The standard InChI is InChI=1S/C23H16F4N4O3/c24-17-7-11(12-2-4-19(28-9-12)34-15-5-13(6-15)22(32)33)1-3-16(17)20-30-18-8-14(23(25,26)27)10-29-21(18)31-20/h1-4,7-10,13,15H,5-6H2,(H,32,33)(H,29,30,31)/t13-,15+. The molecule has 5 rings (SSSR count). The zero-order valence-corrected chi connectivity index (χ0v) is 17.3. The molecule has 11 heteroatoms. The van der Waals surface area contributed by atoms with Crippen molar-refractivity contribution >= 4 is 17.1 Å². The highest BCUT2D eigenvalue weighted by Gasteiger charge is 2.36. The maximum absolute atomic E-state index is 14.9. The number of imidazole rings is 1. The number of pyridine rings is 2. The second-order valence-electron chi connectivity index (χ2n) is 8.00. The van der Waals surface area contributed by atoms with Crippen molar-refractivity contribution in [3.05, 3.63) is 60.2 Å². The number of nitrogens with one attached hydrogen (secondary N) is 1. The van der Waals surface area contributed by atoms with Gasteiger partial charge in [-0.15, -0.1) is 0 Å². The molecular formula is C23H16F4N4O3. The first-order valence-corrected chi connectivity index (χ1v) is 10.3. The van der Waals surface area contributed by atoms with E-state index in [1.807, 2.05) is 0 Å². The molecule has 7 nitrogen and oxygen atoms in total. The number of benzene rings is 1. The first kappa shape index (κ1) is 21.8. The smallest absolute Gasteiger partial charge is 0.417 e. The topological polar surface area (TPSA) is 101 Å². The van der Waals surface area contributed by atoms with E-state index in [9.17, 15) is 22.4 Å². The number of rotatable bonds is 5. The van der Waals surface area contributed by atoms with E-state index in [1.165, 1.54) is 18.3 Å². The SMILES string of the molecule is O=C(O)[C@H]1C[C@@H](Oc2ccc(-c3ccc(-c4nc5ncc(C(F)(F)F)cc5[nH]4)c(F)c3)cn2)C1. The number of alkyl halides is 3. The molecule has 0 spiro atoms. The number of aromatic amines is 1. The van der Waals surface area contributed by atoms with Crippen molar-refractivity contribution < 1.29 is 32.2 Å². The number of aliphatic carboxylic acids is 1. The first-order valence-electron chi connectivity index (χ1n) is 10.3. The van der Waals surface area contributed by atoms with Gasteiger partial charge in [-0.25, -0.2) is 19.3 Å². The van der Waals surface area contributed by atoms with Gasteiger partial charge < -0.3 is 14.8 Å². The van der Waals surface area contributed by atoms with Crippen LogP contribution in [0.1, 0.15) is 18.4 Å². The summed E-state index contributed by atoms with van der Waals surface area (Å²) in [4.78, 5) is 25.6. The number of carboxylic acid groups (broad SMARTS) is 1. The Hall–Kier alpha value is -4.02. The Morgan fingerprint density at radius 1 is 1.06 bits per heavy atom. The average Bonchev–Trinajstić information content (AvgIpc) is 3.18. The fraction of sp³-hybridized carbons (Fsp3) is 0.217. The van der Waals surface area contributed by atoms with Gasteiger partial charge in [0.15, 0.2) is 5.65 Å². The predicted octanol–water partition coefficient (Wildman–Crippen LogP) is 5.09. The third-order valence-electron chi connectivity index (χ3n) is 5.69. The van der Waals surface area contributed by atoms with E-state index in [2.05, 4.69) is 19.9 Å². The lowest BCUT2D eigenvalue weighted by atomic mass is 9.82. The van der Waals surface area contributed by atoms with E-state index in [-0.39, 0.29) is 34.6 Å². The summed E-state index contributed by atoms with van der Waals surface area (Å²) >= 11 is 0.